The van der Waals surface area contributed by atoms with Crippen molar-refractivity contribution in [2.75, 3.05) is 45.6 Å². The summed E-state index contributed by atoms with van der Waals surface area (Å²) in [5.41, 5.74) is 1.46. The van der Waals surface area contributed by atoms with Crippen molar-refractivity contribution < 1.29 is 18.3 Å². The van der Waals surface area contributed by atoms with Crippen molar-refractivity contribution in [1.82, 2.24) is 24.1 Å². The van der Waals surface area contributed by atoms with Gasteiger partial charge in [0.15, 0.2) is 0 Å². The van der Waals surface area contributed by atoms with Crippen LogP contribution in [0.1, 0.15) is 18.4 Å². The van der Waals surface area contributed by atoms with Crippen LogP contribution in [0, 0.1) is 0 Å². The first-order valence-corrected chi connectivity index (χ1v) is 12.1. The Labute approximate surface area is 194 Å². The van der Waals surface area contributed by atoms with Gasteiger partial charge in [0.2, 0.25) is 16.0 Å². The third-order valence-electron chi connectivity index (χ3n) is 5.53. The molecule has 0 spiro atoms. The molecule has 2 aromatic rings. The van der Waals surface area contributed by atoms with Gasteiger partial charge in [-0.25, -0.2) is 23.2 Å². The largest absolute Gasteiger partial charge is 0.465 e. The second kappa shape index (κ2) is 10.7. The van der Waals surface area contributed by atoms with Crippen LogP contribution in [0.15, 0.2) is 48.1 Å². The molecule has 0 bridgehead atoms. The normalized spacial score (nSPS) is 15.1. The van der Waals surface area contributed by atoms with Gasteiger partial charge in [0.25, 0.3) is 0 Å². The van der Waals surface area contributed by atoms with Crippen molar-refractivity contribution in [2.24, 2.45) is 0 Å². The van der Waals surface area contributed by atoms with Crippen molar-refractivity contribution in [3.63, 3.8) is 0 Å². The van der Waals surface area contributed by atoms with Crippen LogP contribution in [0.2, 0.25) is 0 Å². The summed E-state index contributed by atoms with van der Waals surface area (Å²) in [7, 11) is 0.0196. The molecule has 0 aliphatic carbocycles. The number of nitrogens with one attached hydrogen (secondary N) is 1. The van der Waals surface area contributed by atoms with Gasteiger partial charge in [-0.2, -0.15) is 4.31 Å². The first-order valence-electron chi connectivity index (χ1n) is 10.7. The fourth-order valence-corrected chi connectivity index (χ4v) is 5.30. The van der Waals surface area contributed by atoms with E-state index in [1.807, 2.05) is 19.0 Å². The fraction of sp³-hybridized carbons (Fsp3) is 0.409. The standard InChI is InChI=1S/C22H30N6O4S/c1-4-17-15-23-21(24-16-17)25-18-5-7-20(8-6-18)33(31,32)28(14-13-26(2)3)19-9-11-27(12-10-19)22(29)30/h4-8,15-16,19H,1,9-14H2,2-3H3,(H,29,30)(H,23,24,25). The average Bonchev–Trinajstić information content (AvgIpc) is 2.80. The molecule has 0 radical (unpaired) electrons. The molecule has 11 heteroatoms. The molecule has 2 N–H and O–H groups in total. The number of carbonyl (C=O) groups is 1. The number of sulfonamides is 1. The third kappa shape index (κ3) is 6.28. The summed E-state index contributed by atoms with van der Waals surface area (Å²) >= 11 is 0. The molecule has 1 aromatic heterocycles. The molecule has 0 saturated carbocycles. The molecule has 1 saturated heterocycles. The maximum absolute atomic E-state index is 13.5. The summed E-state index contributed by atoms with van der Waals surface area (Å²) in [6.45, 7) is 5.20. The van der Waals surface area contributed by atoms with E-state index in [9.17, 15) is 18.3 Å². The molecule has 10 nitrogen and oxygen atoms in total. The van der Waals surface area contributed by atoms with E-state index < -0.39 is 16.1 Å². The SMILES string of the molecule is C=Cc1cnc(Nc2ccc(S(=O)(=O)N(CCN(C)C)C3CCN(C(=O)O)CC3)cc2)nc1. The Hall–Kier alpha value is -3.02. The van der Waals surface area contributed by atoms with E-state index >= 15 is 0 Å². The van der Waals surface area contributed by atoms with Crippen molar-refractivity contribution in [3.05, 3.63) is 48.8 Å². The lowest BCUT2D eigenvalue weighted by atomic mass is 10.1. The number of carboxylic acid groups (broad SMARTS) is 1. The number of piperidine rings is 1. The molecule has 33 heavy (non-hydrogen) atoms. The fourth-order valence-electron chi connectivity index (χ4n) is 3.63. The van der Waals surface area contributed by atoms with Gasteiger partial charge < -0.3 is 20.2 Å². The number of rotatable bonds is 9. The van der Waals surface area contributed by atoms with Crippen LogP contribution in [0.4, 0.5) is 16.4 Å². The summed E-state index contributed by atoms with van der Waals surface area (Å²) in [6.07, 6.45) is 4.89. The first kappa shape index (κ1) is 24.6. The maximum atomic E-state index is 13.5. The lowest BCUT2D eigenvalue weighted by Crippen LogP contribution is -2.50. The number of amides is 1. The molecular weight excluding hydrogens is 444 g/mol. The smallest absolute Gasteiger partial charge is 0.407 e. The van der Waals surface area contributed by atoms with Gasteiger partial charge >= 0.3 is 6.09 Å². The maximum Gasteiger partial charge on any atom is 0.407 e. The lowest BCUT2D eigenvalue weighted by Gasteiger charge is -2.37. The van der Waals surface area contributed by atoms with Gasteiger partial charge in [-0.15, -0.1) is 0 Å². The molecule has 178 valence electrons. The Morgan fingerprint density at radius 3 is 2.30 bits per heavy atom. The molecule has 1 aliphatic rings. The van der Waals surface area contributed by atoms with E-state index in [-0.39, 0.29) is 10.9 Å². The quantitative estimate of drug-likeness (QED) is 0.569. The van der Waals surface area contributed by atoms with Gasteiger partial charge in [-0.05, 0) is 51.2 Å². The highest BCUT2D eigenvalue weighted by atomic mass is 32.2. The van der Waals surface area contributed by atoms with Crippen LogP contribution in [0.3, 0.4) is 0 Å². The average molecular weight is 475 g/mol. The zero-order valence-corrected chi connectivity index (χ0v) is 19.7. The molecule has 3 rings (SSSR count). The number of hydrogen-bond acceptors (Lipinski definition) is 7. The minimum absolute atomic E-state index is 0.190. The summed E-state index contributed by atoms with van der Waals surface area (Å²) in [4.78, 5) is 23.1. The molecular formula is C22H30N6O4S. The van der Waals surface area contributed by atoms with E-state index in [0.717, 1.165) is 5.56 Å². The van der Waals surface area contributed by atoms with Gasteiger partial charge in [0.1, 0.15) is 0 Å². The Kier molecular flexibility index (Phi) is 8.01. The summed E-state index contributed by atoms with van der Waals surface area (Å²) < 4.78 is 28.6. The van der Waals surface area contributed by atoms with Gasteiger partial charge in [-0.1, -0.05) is 12.7 Å². The summed E-state index contributed by atoms with van der Waals surface area (Å²) in [5, 5.41) is 12.3. The highest BCUT2D eigenvalue weighted by Crippen LogP contribution is 2.26. The summed E-state index contributed by atoms with van der Waals surface area (Å²) in [5.74, 6) is 0.397. The predicted octanol–water partition coefficient (Wildman–Crippen LogP) is 2.56. The van der Waals surface area contributed by atoms with E-state index in [1.165, 1.54) is 9.21 Å². The van der Waals surface area contributed by atoms with Crippen LogP contribution in [-0.4, -0.2) is 90.0 Å². The van der Waals surface area contributed by atoms with Gasteiger partial charge in [0.05, 0.1) is 4.90 Å². The second-order valence-corrected chi connectivity index (χ2v) is 10.0. The van der Waals surface area contributed by atoms with Crippen LogP contribution < -0.4 is 5.32 Å². The molecule has 0 atom stereocenters. The van der Waals surface area contributed by atoms with Crippen molar-refractivity contribution >= 4 is 33.8 Å². The predicted molar refractivity (Wildman–Crippen MR) is 127 cm³/mol. The van der Waals surface area contributed by atoms with Crippen LogP contribution >= 0.6 is 0 Å². The third-order valence-corrected chi connectivity index (χ3v) is 7.50. The van der Waals surface area contributed by atoms with Crippen molar-refractivity contribution in [3.8, 4) is 0 Å². The monoisotopic (exact) mass is 474 g/mol. The van der Waals surface area contributed by atoms with Crippen molar-refractivity contribution in [1.29, 1.82) is 0 Å². The Bertz CT molecular complexity index is 1050. The van der Waals surface area contributed by atoms with Crippen molar-refractivity contribution in [2.45, 2.75) is 23.8 Å². The van der Waals surface area contributed by atoms with Crippen LogP contribution in [-0.2, 0) is 10.0 Å². The van der Waals surface area contributed by atoms with Crippen LogP contribution in [0.5, 0.6) is 0 Å². The van der Waals surface area contributed by atoms with E-state index in [0.29, 0.717) is 50.7 Å². The Morgan fingerprint density at radius 1 is 1.18 bits per heavy atom. The highest BCUT2D eigenvalue weighted by molar-refractivity contribution is 7.89. The summed E-state index contributed by atoms with van der Waals surface area (Å²) in [6, 6.07) is 6.22. The number of likely N-dealkylation sites (tertiary alicyclic amines) is 1. The Balaban J connectivity index is 1.76. The second-order valence-electron chi connectivity index (χ2n) is 8.11. The lowest BCUT2D eigenvalue weighted by molar-refractivity contribution is 0.117. The highest BCUT2D eigenvalue weighted by Gasteiger charge is 2.34. The molecule has 2 heterocycles. The number of benzene rings is 1. The zero-order valence-electron chi connectivity index (χ0n) is 18.9. The molecule has 1 fully saturated rings. The number of nitrogens with zero attached hydrogens (tertiary/aromatic N) is 5. The van der Waals surface area contributed by atoms with Gasteiger partial charge in [-0.3, -0.25) is 0 Å². The minimum atomic E-state index is -3.76. The number of likely N-dealkylation sites (N-methyl/N-ethyl adjacent to an activating group) is 1. The molecule has 0 unspecified atom stereocenters. The van der Waals surface area contributed by atoms with Crippen LogP contribution in [0.25, 0.3) is 6.08 Å². The molecule has 1 aromatic carbocycles. The Morgan fingerprint density at radius 2 is 1.79 bits per heavy atom. The first-order chi connectivity index (χ1) is 15.7. The van der Waals surface area contributed by atoms with E-state index in [2.05, 4.69) is 21.9 Å². The number of anilines is 2. The van der Waals surface area contributed by atoms with E-state index in [4.69, 9.17) is 0 Å². The zero-order chi connectivity index (χ0) is 24.0. The number of aromatic nitrogens is 2. The van der Waals surface area contributed by atoms with E-state index in [1.54, 1.807) is 42.7 Å². The molecule has 1 amide bonds. The topological polar surface area (TPSA) is 119 Å². The molecule has 1 aliphatic heterocycles. The van der Waals surface area contributed by atoms with Gasteiger partial charge in [0, 0.05) is 55.9 Å². The number of hydrogen-bond donors (Lipinski definition) is 2. The minimum Gasteiger partial charge on any atom is -0.465 e.